The minimum Gasteiger partial charge on any atom is -0.371 e. The fraction of sp³-hybridized carbons (Fsp3) is 0.333. The molecule has 0 aromatic heterocycles. The Kier molecular flexibility index (Phi) is 5.13. The highest BCUT2D eigenvalue weighted by atomic mass is 35.5. The molecule has 6 heteroatoms. The van der Waals surface area contributed by atoms with E-state index in [0.29, 0.717) is 17.4 Å². The van der Waals surface area contributed by atoms with Gasteiger partial charge in [0, 0.05) is 30.3 Å². The number of anilines is 1. The quantitative estimate of drug-likeness (QED) is 0.884. The molecule has 2 aromatic carbocycles. The molecule has 128 valence electrons. The van der Waals surface area contributed by atoms with Crippen LogP contribution in [0.15, 0.2) is 53.4 Å². The third kappa shape index (κ3) is 4.09. The van der Waals surface area contributed by atoms with Gasteiger partial charge >= 0.3 is 0 Å². The van der Waals surface area contributed by atoms with Crippen LogP contribution in [0.3, 0.4) is 0 Å². The molecule has 0 spiro atoms. The second-order valence-electron chi connectivity index (χ2n) is 6.25. The fourth-order valence-corrected chi connectivity index (χ4v) is 4.33. The van der Waals surface area contributed by atoms with E-state index in [2.05, 4.69) is 9.62 Å². The van der Waals surface area contributed by atoms with Crippen molar-refractivity contribution in [3.05, 3.63) is 59.1 Å². The van der Waals surface area contributed by atoms with Crippen molar-refractivity contribution in [3.8, 4) is 0 Å². The Labute approximate surface area is 148 Å². The Hall–Kier alpha value is -1.56. The maximum atomic E-state index is 12.4. The Morgan fingerprint density at radius 1 is 1.21 bits per heavy atom. The Balaban J connectivity index is 1.59. The number of nitrogens with zero attached hydrogens (tertiary/aromatic N) is 1. The van der Waals surface area contributed by atoms with Gasteiger partial charge < -0.3 is 4.90 Å². The summed E-state index contributed by atoms with van der Waals surface area (Å²) in [7, 11) is -3.44. The van der Waals surface area contributed by atoms with Crippen molar-refractivity contribution in [2.24, 2.45) is 5.92 Å². The number of nitrogens with one attached hydrogen (secondary N) is 1. The summed E-state index contributed by atoms with van der Waals surface area (Å²) in [6.45, 7) is 4.12. The normalized spacial score (nSPS) is 18.1. The molecule has 2 aromatic rings. The molecule has 1 saturated heterocycles. The van der Waals surface area contributed by atoms with Gasteiger partial charge in [0.2, 0.25) is 10.0 Å². The van der Waals surface area contributed by atoms with E-state index < -0.39 is 10.0 Å². The van der Waals surface area contributed by atoms with Crippen LogP contribution in [0.25, 0.3) is 0 Å². The first-order valence-corrected chi connectivity index (χ1v) is 9.87. The van der Waals surface area contributed by atoms with Gasteiger partial charge in [0.25, 0.3) is 0 Å². The van der Waals surface area contributed by atoms with Crippen LogP contribution >= 0.6 is 11.6 Å². The number of aryl methyl sites for hydroxylation is 1. The van der Waals surface area contributed by atoms with Gasteiger partial charge in [-0.3, -0.25) is 0 Å². The zero-order valence-corrected chi connectivity index (χ0v) is 15.1. The van der Waals surface area contributed by atoms with Crippen LogP contribution in [0.2, 0.25) is 5.02 Å². The highest BCUT2D eigenvalue weighted by Gasteiger charge is 2.24. The van der Waals surface area contributed by atoms with Crippen LogP contribution < -0.4 is 9.62 Å². The Morgan fingerprint density at radius 3 is 2.67 bits per heavy atom. The molecule has 1 unspecified atom stereocenters. The summed E-state index contributed by atoms with van der Waals surface area (Å²) in [5, 5.41) is 0.723. The molecule has 0 radical (unpaired) electrons. The molecule has 4 nitrogen and oxygen atoms in total. The third-order valence-electron chi connectivity index (χ3n) is 4.34. The monoisotopic (exact) mass is 364 g/mol. The highest BCUT2D eigenvalue weighted by Crippen LogP contribution is 2.25. The maximum Gasteiger partial charge on any atom is 0.240 e. The number of sulfonamides is 1. The van der Waals surface area contributed by atoms with E-state index in [1.54, 1.807) is 18.2 Å². The molecule has 0 saturated carbocycles. The molecule has 1 aliphatic heterocycles. The van der Waals surface area contributed by atoms with Crippen molar-refractivity contribution in [1.29, 1.82) is 0 Å². The molecule has 1 aliphatic rings. The lowest BCUT2D eigenvalue weighted by Crippen LogP contribution is -2.31. The molecular weight excluding hydrogens is 344 g/mol. The van der Waals surface area contributed by atoms with Gasteiger partial charge in [-0.2, -0.15) is 0 Å². The summed E-state index contributed by atoms with van der Waals surface area (Å²) in [5.74, 6) is 0.306. The molecule has 0 aliphatic carbocycles. The van der Waals surface area contributed by atoms with Crippen LogP contribution in [-0.2, 0) is 10.0 Å². The van der Waals surface area contributed by atoms with Crippen LogP contribution in [-0.4, -0.2) is 28.1 Å². The summed E-state index contributed by atoms with van der Waals surface area (Å²) >= 11 is 5.92. The van der Waals surface area contributed by atoms with Crippen molar-refractivity contribution < 1.29 is 8.42 Å². The largest absolute Gasteiger partial charge is 0.371 e. The van der Waals surface area contributed by atoms with E-state index >= 15 is 0 Å². The van der Waals surface area contributed by atoms with Crippen molar-refractivity contribution >= 4 is 27.3 Å². The molecule has 1 heterocycles. The lowest BCUT2D eigenvalue weighted by Gasteiger charge is -2.19. The summed E-state index contributed by atoms with van der Waals surface area (Å²) in [5.41, 5.74) is 2.07. The zero-order valence-electron chi connectivity index (χ0n) is 13.6. The second kappa shape index (κ2) is 7.13. The van der Waals surface area contributed by atoms with Gasteiger partial charge in [-0.15, -0.1) is 0 Å². The Morgan fingerprint density at radius 2 is 1.96 bits per heavy atom. The SMILES string of the molecule is Cc1cccc(S(=O)(=O)NCC2CCN(c3ccc(Cl)cc3)C2)c1. The minimum atomic E-state index is -3.44. The third-order valence-corrected chi connectivity index (χ3v) is 6.01. The summed E-state index contributed by atoms with van der Waals surface area (Å²) < 4.78 is 27.5. The van der Waals surface area contributed by atoms with E-state index in [0.717, 1.165) is 35.8 Å². The average Bonchev–Trinajstić information content (AvgIpc) is 3.03. The molecule has 0 amide bonds. The van der Waals surface area contributed by atoms with Gasteiger partial charge in [0.05, 0.1) is 4.90 Å². The first kappa shape index (κ1) is 17.3. The topological polar surface area (TPSA) is 49.4 Å². The van der Waals surface area contributed by atoms with E-state index in [-0.39, 0.29) is 0 Å². The minimum absolute atomic E-state index is 0.306. The van der Waals surface area contributed by atoms with Gasteiger partial charge in [-0.25, -0.2) is 13.1 Å². The van der Waals surface area contributed by atoms with Gasteiger partial charge in [-0.1, -0.05) is 23.7 Å². The molecule has 1 fully saturated rings. The number of benzene rings is 2. The van der Waals surface area contributed by atoms with Crippen LogP contribution in [0.4, 0.5) is 5.69 Å². The van der Waals surface area contributed by atoms with E-state index in [9.17, 15) is 8.42 Å². The van der Waals surface area contributed by atoms with E-state index in [1.807, 2.05) is 37.3 Å². The molecule has 1 N–H and O–H groups in total. The van der Waals surface area contributed by atoms with Gasteiger partial charge in [-0.05, 0) is 61.2 Å². The lowest BCUT2D eigenvalue weighted by atomic mass is 10.1. The molecule has 1 atom stereocenters. The van der Waals surface area contributed by atoms with Crippen molar-refractivity contribution in [2.75, 3.05) is 24.5 Å². The van der Waals surface area contributed by atoms with E-state index in [4.69, 9.17) is 11.6 Å². The van der Waals surface area contributed by atoms with Crippen LogP contribution in [0.5, 0.6) is 0 Å². The fourth-order valence-electron chi connectivity index (χ4n) is 2.98. The predicted octanol–water partition coefficient (Wildman–Crippen LogP) is 3.45. The van der Waals surface area contributed by atoms with Crippen LogP contribution in [0.1, 0.15) is 12.0 Å². The summed E-state index contributed by atoms with van der Waals surface area (Å²) in [4.78, 5) is 2.59. The molecular formula is C18H21ClN2O2S. The number of hydrogen-bond donors (Lipinski definition) is 1. The standard InChI is InChI=1S/C18H21ClN2O2S/c1-14-3-2-4-18(11-14)24(22,23)20-12-15-9-10-21(13-15)17-7-5-16(19)6-8-17/h2-8,11,15,20H,9-10,12-13H2,1H3. The van der Waals surface area contributed by atoms with Gasteiger partial charge in [0.15, 0.2) is 0 Å². The zero-order chi connectivity index (χ0) is 17.2. The lowest BCUT2D eigenvalue weighted by molar-refractivity contribution is 0.541. The highest BCUT2D eigenvalue weighted by molar-refractivity contribution is 7.89. The van der Waals surface area contributed by atoms with Crippen molar-refractivity contribution in [3.63, 3.8) is 0 Å². The van der Waals surface area contributed by atoms with E-state index in [1.165, 1.54) is 0 Å². The van der Waals surface area contributed by atoms with Crippen molar-refractivity contribution in [1.82, 2.24) is 4.72 Å². The van der Waals surface area contributed by atoms with Gasteiger partial charge in [0.1, 0.15) is 0 Å². The van der Waals surface area contributed by atoms with Crippen molar-refractivity contribution in [2.45, 2.75) is 18.2 Å². The predicted molar refractivity (Wildman–Crippen MR) is 98.1 cm³/mol. The number of hydrogen-bond acceptors (Lipinski definition) is 3. The molecule has 3 rings (SSSR count). The second-order valence-corrected chi connectivity index (χ2v) is 8.45. The smallest absolute Gasteiger partial charge is 0.240 e. The molecule has 24 heavy (non-hydrogen) atoms. The maximum absolute atomic E-state index is 12.4. The van der Waals surface area contributed by atoms with Crippen LogP contribution in [0, 0.1) is 12.8 Å². The average molecular weight is 365 g/mol. The number of halogens is 1. The first-order valence-electron chi connectivity index (χ1n) is 8.01. The Bertz CT molecular complexity index is 806. The summed E-state index contributed by atoms with van der Waals surface area (Å²) in [6, 6.07) is 14.7. The number of rotatable bonds is 5. The first-order chi connectivity index (χ1) is 11.4. The molecule has 0 bridgehead atoms. The summed E-state index contributed by atoms with van der Waals surface area (Å²) in [6.07, 6.45) is 0.971.